The smallest absolute Gasteiger partial charge is 0.226 e. The number of amides is 1. The van der Waals surface area contributed by atoms with Gasteiger partial charge in [-0.1, -0.05) is 60.8 Å². The molecule has 3 N–H and O–H groups in total. The lowest BCUT2D eigenvalue weighted by Crippen LogP contribution is -2.53. The zero-order valence-electron chi connectivity index (χ0n) is 13.4. The lowest BCUT2D eigenvalue weighted by atomic mass is 9.97. The number of rotatable bonds is 5. The van der Waals surface area contributed by atoms with Crippen molar-refractivity contribution in [1.29, 1.82) is 0 Å². The van der Waals surface area contributed by atoms with Gasteiger partial charge >= 0.3 is 0 Å². The fraction of sp³-hybridized carbons (Fsp3) is 0.471. The molecule has 120 valence electrons. The molecule has 1 amide bonds. The fourth-order valence-corrected chi connectivity index (χ4v) is 7.52. The van der Waals surface area contributed by atoms with Gasteiger partial charge in [-0.25, -0.2) is 0 Å². The fourth-order valence-electron chi connectivity index (χ4n) is 3.64. The molecular formula is C17H25NO3Si. The number of aliphatic hydroxyl groups excluding tert-OH is 2. The summed E-state index contributed by atoms with van der Waals surface area (Å²) in [5.41, 5.74) is -0.0569. The van der Waals surface area contributed by atoms with Crippen molar-refractivity contribution in [2.75, 3.05) is 6.61 Å². The molecule has 1 saturated heterocycles. The Hall–Kier alpha value is -1.43. The second-order valence-corrected chi connectivity index (χ2v) is 11.1. The van der Waals surface area contributed by atoms with Gasteiger partial charge in [0, 0.05) is 0 Å². The second kappa shape index (κ2) is 6.77. The minimum atomic E-state index is -2.06. The summed E-state index contributed by atoms with van der Waals surface area (Å²) in [7, 11) is -2.06. The van der Waals surface area contributed by atoms with Crippen LogP contribution in [0.1, 0.15) is 6.92 Å². The average Bonchev–Trinajstić information content (AvgIpc) is 2.86. The summed E-state index contributed by atoms with van der Waals surface area (Å²) < 4.78 is 0. The van der Waals surface area contributed by atoms with Crippen molar-refractivity contribution in [2.24, 2.45) is 5.92 Å². The molecule has 0 spiro atoms. The van der Waals surface area contributed by atoms with Crippen LogP contribution in [0.4, 0.5) is 0 Å². The monoisotopic (exact) mass is 319 g/mol. The van der Waals surface area contributed by atoms with E-state index in [-0.39, 0.29) is 24.1 Å². The van der Waals surface area contributed by atoms with E-state index in [1.54, 1.807) is 12.2 Å². The van der Waals surface area contributed by atoms with Gasteiger partial charge in [0.25, 0.3) is 0 Å². The number of hydrogen-bond donors (Lipinski definition) is 3. The first-order chi connectivity index (χ1) is 10.4. The highest BCUT2D eigenvalue weighted by Crippen LogP contribution is 2.40. The van der Waals surface area contributed by atoms with Crippen molar-refractivity contribution in [3.63, 3.8) is 0 Å². The van der Waals surface area contributed by atoms with E-state index in [1.165, 1.54) is 5.19 Å². The second-order valence-electron chi connectivity index (χ2n) is 6.45. The molecule has 1 aromatic carbocycles. The Morgan fingerprint density at radius 1 is 1.32 bits per heavy atom. The van der Waals surface area contributed by atoms with Crippen LogP contribution in [-0.2, 0) is 4.79 Å². The predicted octanol–water partition coefficient (Wildman–Crippen LogP) is 1.02. The maximum absolute atomic E-state index is 12.4. The zero-order chi connectivity index (χ0) is 16.3. The number of carbonyl (C=O) groups is 1. The molecule has 0 saturated carbocycles. The highest BCUT2D eigenvalue weighted by Gasteiger charge is 2.53. The molecule has 0 radical (unpaired) electrons. The summed E-state index contributed by atoms with van der Waals surface area (Å²) in [5, 5.41) is 24.2. The molecule has 1 heterocycles. The van der Waals surface area contributed by atoms with Crippen molar-refractivity contribution in [3.05, 3.63) is 42.5 Å². The highest BCUT2D eigenvalue weighted by molar-refractivity contribution is 6.91. The topological polar surface area (TPSA) is 69.6 Å². The maximum atomic E-state index is 12.4. The highest BCUT2D eigenvalue weighted by atomic mass is 28.3. The van der Waals surface area contributed by atoms with E-state index in [2.05, 4.69) is 30.5 Å². The van der Waals surface area contributed by atoms with E-state index >= 15 is 0 Å². The Kier molecular flexibility index (Phi) is 5.21. The van der Waals surface area contributed by atoms with Crippen molar-refractivity contribution < 1.29 is 15.0 Å². The molecule has 0 aromatic heterocycles. The minimum Gasteiger partial charge on any atom is -0.394 e. The van der Waals surface area contributed by atoms with E-state index in [0.717, 1.165) is 0 Å². The van der Waals surface area contributed by atoms with Gasteiger partial charge in [-0.2, -0.15) is 0 Å². The molecule has 5 heteroatoms. The van der Waals surface area contributed by atoms with Gasteiger partial charge in [-0.05, 0) is 12.5 Å². The van der Waals surface area contributed by atoms with Gasteiger partial charge in [-0.3, -0.25) is 4.79 Å². The van der Waals surface area contributed by atoms with Gasteiger partial charge < -0.3 is 15.5 Å². The van der Waals surface area contributed by atoms with Crippen LogP contribution in [0.15, 0.2) is 42.5 Å². The summed E-state index contributed by atoms with van der Waals surface area (Å²) >= 11 is 0. The van der Waals surface area contributed by atoms with Gasteiger partial charge in [0.1, 0.15) is 0 Å². The summed E-state index contributed by atoms with van der Waals surface area (Å²) in [6.45, 7) is 6.13. The predicted molar refractivity (Wildman–Crippen MR) is 90.6 cm³/mol. The van der Waals surface area contributed by atoms with Crippen molar-refractivity contribution in [3.8, 4) is 0 Å². The molecule has 4 atom stereocenters. The van der Waals surface area contributed by atoms with Crippen molar-refractivity contribution in [2.45, 2.75) is 37.7 Å². The van der Waals surface area contributed by atoms with Crippen molar-refractivity contribution >= 4 is 19.2 Å². The zero-order valence-corrected chi connectivity index (χ0v) is 14.4. The van der Waals surface area contributed by atoms with Crippen LogP contribution in [0.5, 0.6) is 0 Å². The number of nitrogens with one attached hydrogen (secondary N) is 1. The van der Waals surface area contributed by atoms with Gasteiger partial charge in [0.15, 0.2) is 0 Å². The van der Waals surface area contributed by atoms with Crippen LogP contribution < -0.4 is 10.5 Å². The molecule has 1 aliphatic heterocycles. The standard InChI is InChI=1S/C17H25NO3Si/c1-4-8-14(20)15-16(13(11-19)18-17(15)21)22(2,3)12-9-6-5-7-10-12/h4-10,13-16,19-20H,11H2,1-3H3,(H,18,21)/b8-4+/t13-,14-,15+,16-/m1/s1. The van der Waals surface area contributed by atoms with Crippen LogP contribution >= 0.6 is 0 Å². The molecule has 1 aromatic rings. The molecule has 0 unspecified atom stereocenters. The quantitative estimate of drug-likeness (QED) is 0.560. The third-order valence-corrected chi connectivity index (χ3v) is 9.01. The number of hydrogen-bond acceptors (Lipinski definition) is 3. The van der Waals surface area contributed by atoms with E-state index in [4.69, 9.17) is 0 Å². The molecule has 22 heavy (non-hydrogen) atoms. The van der Waals surface area contributed by atoms with E-state index in [9.17, 15) is 15.0 Å². The lowest BCUT2D eigenvalue weighted by molar-refractivity contribution is -0.124. The number of aliphatic hydroxyl groups is 2. The molecule has 0 aliphatic carbocycles. The third kappa shape index (κ3) is 3.02. The Morgan fingerprint density at radius 2 is 1.95 bits per heavy atom. The van der Waals surface area contributed by atoms with Gasteiger partial charge in [0.2, 0.25) is 5.91 Å². The van der Waals surface area contributed by atoms with Gasteiger partial charge in [0.05, 0.1) is 32.7 Å². The maximum Gasteiger partial charge on any atom is 0.226 e. The lowest BCUT2D eigenvalue weighted by Gasteiger charge is -2.37. The summed E-state index contributed by atoms with van der Waals surface area (Å²) in [6.07, 6.45) is 2.60. The van der Waals surface area contributed by atoms with E-state index < -0.39 is 20.1 Å². The first-order valence-corrected chi connectivity index (χ1v) is 10.8. The molecule has 1 fully saturated rings. The number of benzene rings is 1. The Labute approximate surface area is 132 Å². The summed E-state index contributed by atoms with van der Waals surface area (Å²) in [6, 6.07) is 9.85. The molecule has 0 bridgehead atoms. The Morgan fingerprint density at radius 3 is 2.50 bits per heavy atom. The first-order valence-electron chi connectivity index (χ1n) is 7.71. The van der Waals surface area contributed by atoms with Crippen molar-refractivity contribution in [1.82, 2.24) is 5.32 Å². The minimum absolute atomic E-state index is 0.0569. The van der Waals surface area contributed by atoms with Gasteiger partial charge in [-0.15, -0.1) is 0 Å². The van der Waals surface area contributed by atoms with E-state index in [1.807, 2.05) is 25.1 Å². The summed E-state index contributed by atoms with van der Waals surface area (Å²) in [5.74, 6) is -0.665. The van der Waals surface area contributed by atoms with Crippen LogP contribution in [0.3, 0.4) is 0 Å². The molecular weight excluding hydrogens is 294 g/mol. The van der Waals surface area contributed by atoms with Crippen LogP contribution in [0.2, 0.25) is 18.6 Å². The van der Waals surface area contributed by atoms with Crippen LogP contribution in [0, 0.1) is 5.92 Å². The average molecular weight is 319 g/mol. The molecule has 2 rings (SSSR count). The van der Waals surface area contributed by atoms with Crippen LogP contribution in [-0.4, -0.2) is 42.9 Å². The molecule has 1 aliphatic rings. The largest absolute Gasteiger partial charge is 0.394 e. The number of allylic oxidation sites excluding steroid dienone is 1. The normalized spacial score (nSPS) is 27.1. The first kappa shape index (κ1) is 16.9. The Bertz CT molecular complexity index is 544. The SMILES string of the molecule is C/C=C/[C@@H](O)[C@@H]1C(=O)N[C@H](CO)[C@H]1[Si](C)(C)c1ccccc1. The molecule has 4 nitrogen and oxygen atoms in total. The van der Waals surface area contributed by atoms with Crippen LogP contribution in [0.25, 0.3) is 0 Å². The summed E-state index contributed by atoms with van der Waals surface area (Å²) in [4.78, 5) is 12.4. The van der Waals surface area contributed by atoms with E-state index in [0.29, 0.717) is 0 Å². The Balaban J connectivity index is 2.44. The third-order valence-electron chi connectivity index (χ3n) is 4.76. The number of carbonyl (C=O) groups excluding carboxylic acids is 1.